The standard InChI is InChI=1S/C9H9IN4S/c1-14(2)9-13-12-8(15-9)6-4-3-5-7(10)11-6/h3-5H,1-2H3. The summed E-state index contributed by atoms with van der Waals surface area (Å²) in [5.41, 5.74) is 0.882. The molecule has 0 saturated heterocycles. The third-order valence-electron chi connectivity index (χ3n) is 1.73. The van der Waals surface area contributed by atoms with Gasteiger partial charge < -0.3 is 4.90 Å². The molecule has 0 aliphatic carbocycles. The lowest BCUT2D eigenvalue weighted by atomic mass is 10.4. The van der Waals surface area contributed by atoms with Crippen molar-refractivity contribution in [3.05, 3.63) is 21.9 Å². The van der Waals surface area contributed by atoms with Crippen LogP contribution in [0.25, 0.3) is 10.7 Å². The highest BCUT2D eigenvalue weighted by molar-refractivity contribution is 14.1. The topological polar surface area (TPSA) is 41.9 Å². The van der Waals surface area contributed by atoms with Crippen LogP contribution < -0.4 is 4.90 Å². The van der Waals surface area contributed by atoms with Crippen LogP contribution in [0.4, 0.5) is 5.13 Å². The molecule has 0 fully saturated rings. The first-order valence-corrected chi connectivity index (χ1v) is 6.20. The van der Waals surface area contributed by atoms with Gasteiger partial charge in [-0.3, -0.25) is 0 Å². The highest BCUT2D eigenvalue weighted by atomic mass is 127. The Morgan fingerprint density at radius 1 is 1.27 bits per heavy atom. The van der Waals surface area contributed by atoms with Gasteiger partial charge >= 0.3 is 0 Å². The van der Waals surface area contributed by atoms with Crippen molar-refractivity contribution in [2.24, 2.45) is 0 Å². The number of hydrogen-bond donors (Lipinski definition) is 0. The molecular weight excluding hydrogens is 323 g/mol. The molecule has 0 bridgehead atoms. The molecule has 0 atom stereocenters. The van der Waals surface area contributed by atoms with E-state index < -0.39 is 0 Å². The van der Waals surface area contributed by atoms with Crippen LogP contribution in [0, 0.1) is 3.70 Å². The summed E-state index contributed by atoms with van der Waals surface area (Å²) in [6.07, 6.45) is 0. The quantitative estimate of drug-likeness (QED) is 0.625. The van der Waals surface area contributed by atoms with Crippen LogP contribution in [-0.4, -0.2) is 29.3 Å². The molecule has 78 valence electrons. The highest BCUT2D eigenvalue weighted by Gasteiger charge is 2.08. The lowest BCUT2D eigenvalue weighted by molar-refractivity contribution is 1.02. The van der Waals surface area contributed by atoms with E-state index in [-0.39, 0.29) is 0 Å². The van der Waals surface area contributed by atoms with E-state index in [1.165, 1.54) is 0 Å². The molecule has 2 aromatic rings. The van der Waals surface area contributed by atoms with Crippen molar-refractivity contribution < 1.29 is 0 Å². The number of rotatable bonds is 2. The summed E-state index contributed by atoms with van der Waals surface area (Å²) in [5, 5.41) is 9.94. The van der Waals surface area contributed by atoms with E-state index in [2.05, 4.69) is 37.8 Å². The number of aromatic nitrogens is 3. The smallest absolute Gasteiger partial charge is 0.208 e. The van der Waals surface area contributed by atoms with E-state index in [1.807, 2.05) is 37.2 Å². The zero-order valence-corrected chi connectivity index (χ0v) is 11.3. The van der Waals surface area contributed by atoms with Gasteiger partial charge in [0.25, 0.3) is 0 Å². The molecule has 0 radical (unpaired) electrons. The molecule has 6 heteroatoms. The molecule has 0 amide bonds. The van der Waals surface area contributed by atoms with Gasteiger partial charge in [0.15, 0.2) is 5.01 Å². The van der Waals surface area contributed by atoms with E-state index in [9.17, 15) is 0 Å². The molecule has 2 aromatic heterocycles. The fourth-order valence-electron chi connectivity index (χ4n) is 1.03. The molecule has 0 spiro atoms. The number of halogens is 1. The van der Waals surface area contributed by atoms with Crippen molar-refractivity contribution in [3.8, 4) is 10.7 Å². The number of hydrogen-bond acceptors (Lipinski definition) is 5. The van der Waals surface area contributed by atoms with Gasteiger partial charge in [-0.15, -0.1) is 10.2 Å². The Kier molecular flexibility index (Phi) is 3.15. The molecule has 0 N–H and O–H groups in total. The minimum absolute atomic E-state index is 0.859. The lowest BCUT2D eigenvalue weighted by Gasteiger charge is -2.03. The van der Waals surface area contributed by atoms with Crippen molar-refractivity contribution in [1.29, 1.82) is 0 Å². The van der Waals surface area contributed by atoms with Crippen molar-refractivity contribution in [2.75, 3.05) is 19.0 Å². The fourth-order valence-corrected chi connectivity index (χ4v) is 2.23. The summed E-state index contributed by atoms with van der Waals surface area (Å²) < 4.78 is 0.965. The van der Waals surface area contributed by atoms with Crippen LogP contribution in [0.5, 0.6) is 0 Å². The van der Waals surface area contributed by atoms with Crippen molar-refractivity contribution >= 4 is 39.1 Å². The van der Waals surface area contributed by atoms with E-state index >= 15 is 0 Å². The molecule has 2 rings (SSSR count). The van der Waals surface area contributed by atoms with Crippen LogP contribution in [0.15, 0.2) is 18.2 Å². The molecule has 0 unspecified atom stereocenters. The molecule has 4 nitrogen and oxygen atoms in total. The van der Waals surface area contributed by atoms with Crippen LogP contribution in [-0.2, 0) is 0 Å². The molecular formula is C9H9IN4S. The minimum Gasteiger partial charge on any atom is -0.353 e. The van der Waals surface area contributed by atoms with Gasteiger partial charge in [0, 0.05) is 14.1 Å². The van der Waals surface area contributed by atoms with E-state index in [4.69, 9.17) is 0 Å². The van der Waals surface area contributed by atoms with Crippen LogP contribution in [0.1, 0.15) is 0 Å². The second-order valence-corrected chi connectivity index (χ2v) is 5.19. The Balaban J connectivity index is 2.37. The zero-order valence-electron chi connectivity index (χ0n) is 8.31. The second kappa shape index (κ2) is 4.40. The first kappa shape index (κ1) is 10.7. The van der Waals surface area contributed by atoms with Gasteiger partial charge in [-0.25, -0.2) is 4.98 Å². The SMILES string of the molecule is CN(C)c1nnc(-c2cccc(I)n2)s1. The van der Waals surface area contributed by atoms with Crippen LogP contribution in [0.3, 0.4) is 0 Å². The summed E-state index contributed by atoms with van der Waals surface area (Å²) in [6, 6.07) is 5.88. The van der Waals surface area contributed by atoms with Crippen molar-refractivity contribution in [3.63, 3.8) is 0 Å². The Morgan fingerprint density at radius 2 is 2.07 bits per heavy atom. The summed E-state index contributed by atoms with van der Waals surface area (Å²) in [7, 11) is 3.90. The Labute approximate surface area is 106 Å². The molecule has 0 aromatic carbocycles. The van der Waals surface area contributed by atoms with Gasteiger partial charge in [0.2, 0.25) is 5.13 Å². The normalized spacial score (nSPS) is 10.3. The molecule has 0 aliphatic heterocycles. The van der Waals surface area contributed by atoms with Gasteiger partial charge in [-0.1, -0.05) is 17.4 Å². The first-order valence-electron chi connectivity index (χ1n) is 4.30. The average Bonchev–Trinajstić information content (AvgIpc) is 2.66. The Morgan fingerprint density at radius 3 is 2.67 bits per heavy atom. The summed E-state index contributed by atoms with van der Waals surface area (Å²) >= 11 is 3.73. The fraction of sp³-hybridized carbons (Fsp3) is 0.222. The summed E-state index contributed by atoms with van der Waals surface area (Å²) in [4.78, 5) is 6.33. The number of pyridine rings is 1. The zero-order chi connectivity index (χ0) is 10.8. The largest absolute Gasteiger partial charge is 0.353 e. The van der Waals surface area contributed by atoms with E-state index in [0.717, 1.165) is 19.5 Å². The third kappa shape index (κ3) is 2.43. The average molecular weight is 332 g/mol. The first-order chi connectivity index (χ1) is 7.16. The Hall–Kier alpha value is -0.760. The molecule has 2 heterocycles. The predicted molar refractivity (Wildman–Crippen MR) is 70.2 cm³/mol. The van der Waals surface area contributed by atoms with Crippen molar-refractivity contribution in [2.45, 2.75) is 0 Å². The number of nitrogens with zero attached hydrogens (tertiary/aromatic N) is 4. The summed E-state index contributed by atoms with van der Waals surface area (Å²) in [6.45, 7) is 0. The monoisotopic (exact) mass is 332 g/mol. The van der Waals surface area contributed by atoms with E-state index in [1.54, 1.807) is 11.3 Å². The number of anilines is 1. The van der Waals surface area contributed by atoms with Gasteiger partial charge in [0.05, 0.1) is 0 Å². The molecule has 0 aliphatic rings. The van der Waals surface area contributed by atoms with Gasteiger partial charge in [-0.2, -0.15) is 0 Å². The maximum atomic E-state index is 4.39. The second-order valence-electron chi connectivity index (χ2n) is 3.13. The van der Waals surface area contributed by atoms with Crippen molar-refractivity contribution in [1.82, 2.24) is 15.2 Å². The maximum absolute atomic E-state index is 4.39. The van der Waals surface area contributed by atoms with Gasteiger partial charge in [-0.05, 0) is 34.7 Å². The minimum atomic E-state index is 0.859. The van der Waals surface area contributed by atoms with Crippen LogP contribution >= 0.6 is 33.9 Å². The molecule has 15 heavy (non-hydrogen) atoms. The predicted octanol–water partition coefficient (Wildman–Crippen LogP) is 2.27. The Bertz CT molecular complexity index is 469. The summed E-state index contributed by atoms with van der Waals surface area (Å²) in [5.74, 6) is 0. The highest BCUT2D eigenvalue weighted by Crippen LogP contribution is 2.26. The van der Waals surface area contributed by atoms with Crippen LogP contribution in [0.2, 0.25) is 0 Å². The van der Waals surface area contributed by atoms with E-state index in [0.29, 0.717) is 0 Å². The molecule has 0 saturated carbocycles. The van der Waals surface area contributed by atoms with Gasteiger partial charge in [0.1, 0.15) is 9.39 Å². The maximum Gasteiger partial charge on any atom is 0.208 e. The third-order valence-corrected chi connectivity index (χ3v) is 3.45. The lowest BCUT2D eigenvalue weighted by Crippen LogP contribution is -2.07.